The molecule has 1 rings (SSSR count). The number of hydrogen-bond donors (Lipinski definition) is 1. The van der Waals surface area contributed by atoms with Crippen molar-refractivity contribution in [1.29, 1.82) is 0 Å². The predicted octanol–water partition coefficient (Wildman–Crippen LogP) is 3.18. The summed E-state index contributed by atoms with van der Waals surface area (Å²) in [5.41, 5.74) is 1.13. The number of nitrogens with one attached hydrogen (secondary N) is 1. The van der Waals surface area contributed by atoms with Crippen LogP contribution in [-0.4, -0.2) is 44.8 Å². The molecule has 0 amide bonds. The molecule has 1 aromatic rings. The molecule has 0 radical (unpaired) electrons. The predicted molar refractivity (Wildman–Crippen MR) is 88.6 cm³/mol. The number of ether oxygens (including phenoxy) is 2. The smallest absolute Gasteiger partial charge is 0.179 e. The van der Waals surface area contributed by atoms with E-state index in [4.69, 9.17) is 21.1 Å². The quantitative estimate of drug-likeness (QED) is 0.838. The summed E-state index contributed by atoms with van der Waals surface area (Å²) in [5, 5.41) is 4.01. The van der Waals surface area contributed by atoms with E-state index in [0.717, 1.165) is 18.7 Å². The number of rotatable bonds is 7. The van der Waals surface area contributed by atoms with Gasteiger partial charge in [0.2, 0.25) is 0 Å². The van der Waals surface area contributed by atoms with Crippen LogP contribution in [0, 0.1) is 0 Å². The summed E-state index contributed by atoms with van der Waals surface area (Å²) < 4.78 is 11.2. The van der Waals surface area contributed by atoms with Crippen molar-refractivity contribution in [2.75, 3.05) is 34.4 Å². The summed E-state index contributed by atoms with van der Waals surface area (Å²) in [7, 11) is 5.64. The topological polar surface area (TPSA) is 33.7 Å². The first-order valence-electron chi connectivity index (χ1n) is 7.12. The van der Waals surface area contributed by atoms with E-state index in [2.05, 4.69) is 31.0 Å². The molecule has 0 aliphatic rings. The van der Waals surface area contributed by atoms with Crippen molar-refractivity contribution in [3.8, 4) is 11.5 Å². The highest BCUT2D eigenvalue weighted by molar-refractivity contribution is 6.32. The van der Waals surface area contributed by atoms with Gasteiger partial charge in [-0.2, -0.15) is 0 Å². The molecule has 1 aromatic carbocycles. The second kappa shape index (κ2) is 7.87. The van der Waals surface area contributed by atoms with Gasteiger partial charge < -0.3 is 19.7 Å². The molecule has 1 N–H and O–H groups in total. The highest BCUT2D eigenvalue weighted by Gasteiger charge is 2.14. The van der Waals surface area contributed by atoms with E-state index < -0.39 is 0 Å². The number of halogens is 1. The summed E-state index contributed by atoms with van der Waals surface area (Å²) >= 11 is 6.33. The van der Waals surface area contributed by atoms with Crippen LogP contribution in [-0.2, 0) is 6.54 Å². The molecule has 0 aliphatic carbocycles. The minimum Gasteiger partial charge on any atom is -0.493 e. The summed E-state index contributed by atoms with van der Waals surface area (Å²) in [6.07, 6.45) is 0. The number of nitrogens with zero attached hydrogens (tertiary/aromatic N) is 1. The number of likely N-dealkylation sites (N-methyl/N-ethyl adjacent to an activating group) is 1. The zero-order chi connectivity index (χ0) is 16.0. The van der Waals surface area contributed by atoms with Crippen LogP contribution in [0.5, 0.6) is 11.5 Å². The molecule has 0 fully saturated rings. The lowest BCUT2D eigenvalue weighted by molar-refractivity contribution is 0.250. The van der Waals surface area contributed by atoms with Crippen LogP contribution >= 0.6 is 11.6 Å². The first-order chi connectivity index (χ1) is 9.73. The molecule has 0 unspecified atom stereocenters. The van der Waals surface area contributed by atoms with Crippen molar-refractivity contribution in [2.45, 2.75) is 32.9 Å². The standard InChI is InChI=1S/C16H27ClN2O2/c1-16(2,3)18-11-12-9-13(17)15(14(10-12)20-6)21-8-7-19(4)5/h9-10,18H,7-8,11H2,1-6H3. The average Bonchev–Trinajstić information content (AvgIpc) is 2.37. The van der Waals surface area contributed by atoms with E-state index in [1.165, 1.54) is 0 Å². The van der Waals surface area contributed by atoms with Gasteiger partial charge in [-0.15, -0.1) is 0 Å². The van der Waals surface area contributed by atoms with Gasteiger partial charge in [-0.25, -0.2) is 0 Å². The molecule has 0 saturated carbocycles. The van der Waals surface area contributed by atoms with Crippen LogP contribution in [0.2, 0.25) is 5.02 Å². The number of benzene rings is 1. The van der Waals surface area contributed by atoms with E-state index in [9.17, 15) is 0 Å². The van der Waals surface area contributed by atoms with Crippen LogP contribution in [0.15, 0.2) is 12.1 Å². The molecule has 0 saturated heterocycles. The lowest BCUT2D eigenvalue weighted by Crippen LogP contribution is -2.35. The third kappa shape index (κ3) is 6.55. The van der Waals surface area contributed by atoms with Gasteiger partial charge in [0.25, 0.3) is 0 Å². The Balaban J connectivity index is 2.81. The zero-order valence-electron chi connectivity index (χ0n) is 13.9. The highest BCUT2D eigenvalue weighted by atomic mass is 35.5. The van der Waals surface area contributed by atoms with E-state index in [1.54, 1.807) is 7.11 Å². The van der Waals surface area contributed by atoms with Gasteiger partial charge in [0.15, 0.2) is 11.5 Å². The summed E-state index contributed by atoms with van der Waals surface area (Å²) in [6.45, 7) is 8.52. The van der Waals surface area contributed by atoms with Gasteiger partial charge >= 0.3 is 0 Å². The molecule has 0 heterocycles. The summed E-state index contributed by atoms with van der Waals surface area (Å²) in [6, 6.07) is 3.89. The largest absolute Gasteiger partial charge is 0.493 e. The van der Waals surface area contributed by atoms with Gasteiger partial charge in [-0.05, 0) is 52.6 Å². The molecule has 120 valence electrons. The van der Waals surface area contributed by atoms with Crippen LogP contribution in [0.25, 0.3) is 0 Å². The molecule has 0 aliphatic heterocycles. The molecule has 0 aromatic heterocycles. The molecule has 0 spiro atoms. The van der Waals surface area contributed by atoms with Gasteiger partial charge in [0.05, 0.1) is 12.1 Å². The van der Waals surface area contributed by atoms with E-state index in [1.807, 2.05) is 26.2 Å². The third-order valence-corrected chi connectivity index (χ3v) is 3.18. The fourth-order valence-electron chi connectivity index (χ4n) is 1.71. The zero-order valence-corrected chi connectivity index (χ0v) is 14.7. The van der Waals surface area contributed by atoms with Crippen molar-refractivity contribution >= 4 is 11.6 Å². The summed E-state index contributed by atoms with van der Waals surface area (Å²) in [4.78, 5) is 2.06. The Bertz CT molecular complexity index is 456. The van der Waals surface area contributed by atoms with Gasteiger partial charge in [-0.3, -0.25) is 0 Å². The van der Waals surface area contributed by atoms with Crippen molar-refractivity contribution in [2.24, 2.45) is 0 Å². The van der Waals surface area contributed by atoms with Gasteiger partial charge in [0.1, 0.15) is 6.61 Å². The first-order valence-corrected chi connectivity index (χ1v) is 7.49. The molecular formula is C16H27ClN2O2. The second-order valence-corrected chi connectivity index (χ2v) is 6.77. The Kier molecular flexibility index (Phi) is 6.78. The molecule has 4 nitrogen and oxygen atoms in total. The Morgan fingerprint density at radius 1 is 1.24 bits per heavy atom. The molecule has 21 heavy (non-hydrogen) atoms. The van der Waals surface area contributed by atoms with Crippen LogP contribution < -0.4 is 14.8 Å². The summed E-state index contributed by atoms with van der Waals surface area (Å²) in [5.74, 6) is 1.28. The minimum atomic E-state index is 0.0561. The van der Waals surface area contributed by atoms with Crippen molar-refractivity contribution in [1.82, 2.24) is 10.2 Å². The van der Waals surface area contributed by atoms with E-state index in [0.29, 0.717) is 23.1 Å². The molecular weight excluding hydrogens is 288 g/mol. The highest BCUT2D eigenvalue weighted by Crippen LogP contribution is 2.36. The molecule has 0 bridgehead atoms. The van der Waals surface area contributed by atoms with Crippen molar-refractivity contribution in [3.63, 3.8) is 0 Å². The minimum absolute atomic E-state index is 0.0561. The molecule has 0 atom stereocenters. The van der Waals surface area contributed by atoms with E-state index >= 15 is 0 Å². The maximum atomic E-state index is 6.33. The lowest BCUT2D eigenvalue weighted by atomic mass is 10.1. The third-order valence-electron chi connectivity index (χ3n) is 2.90. The Labute approximate surface area is 133 Å². The van der Waals surface area contributed by atoms with Crippen molar-refractivity contribution in [3.05, 3.63) is 22.7 Å². The molecule has 5 heteroatoms. The van der Waals surface area contributed by atoms with Crippen LogP contribution in [0.3, 0.4) is 0 Å². The Morgan fingerprint density at radius 2 is 1.90 bits per heavy atom. The van der Waals surface area contributed by atoms with Crippen molar-refractivity contribution < 1.29 is 9.47 Å². The van der Waals surface area contributed by atoms with Crippen LogP contribution in [0.1, 0.15) is 26.3 Å². The monoisotopic (exact) mass is 314 g/mol. The maximum absolute atomic E-state index is 6.33. The lowest BCUT2D eigenvalue weighted by Gasteiger charge is -2.21. The number of methoxy groups -OCH3 is 1. The fourth-order valence-corrected chi connectivity index (χ4v) is 2.00. The second-order valence-electron chi connectivity index (χ2n) is 6.36. The number of hydrogen-bond acceptors (Lipinski definition) is 4. The Morgan fingerprint density at radius 3 is 2.43 bits per heavy atom. The van der Waals surface area contributed by atoms with Gasteiger partial charge in [-0.1, -0.05) is 11.6 Å². The van der Waals surface area contributed by atoms with Crippen LogP contribution in [0.4, 0.5) is 0 Å². The SMILES string of the molecule is COc1cc(CNC(C)(C)C)cc(Cl)c1OCCN(C)C. The van der Waals surface area contributed by atoms with Gasteiger partial charge in [0, 0.05) is 18.6 Å². The van der Waals surface area contributed by atoms with E-state index in [-0.39, 0.29) is 5.54 Å². The average molecular weight is 315 g/mol. The maximum Gasteiger partial charge on any atom is 0.179 e. The normalized spacial score (nSPS) is 11.8. The fraction of sp³-hybridized carbons (Fsp3) is 0.625. The first kappa shape index (κ1) is 18.1. The Hall–Kier alpha value is -0.970.